The number of carbonyl (C=O) groups is 2. The first-order valence-corrected chi connectivity index (χ1v) is 7.89. The molecule has 0 unspecified atom stereocenters. The largest absolute Gasteiger partial charge is 0.378 e. The molecule has 0 aliphatic rings. The number of nitrogens with zero attached hydrogens (tertiary/aromatic N) is 2. The number of anilines is 3. The van der Waals surface area contributed by atoms with Crippen molar-refractivity contribution in [1.82, 2.24) is 0 Å². The van der Waals surface area contributed by atoms with E-state index in [0.29, 0.717) is 12.2 Å². The highest BCUT2D eigenvalue weighted by atomic mass is 16.2. The molecule has 0 bridgehead atoms. The van der Waals surface area contributed by atoms with Gasteiger partial charge < -0.3 is 15.1 Å². The van der Waals surface area contributed by atoms with Crippen molar-refractivity contribution in [2.24, 2.45) is 0 Å². The smallest absolute Gasteiger partial charge is 0.316 e. The van der Waals surface area contributed by atoms with Crippen LogP contribution in [0, 0.1) is 6.92 Å². The van der Waals surface area contributed by atoms with Crippen molar-refractivity contribution in [3.63, 3.8) is 0 Å². The summed E-state index contributed by atoms with van der Waals surface area (Å²) in [5, 5.41) is 2.68. The molecule has 0 heterocycles. The second-order valence-electron chi connectivity index (χ2n) is 5.79. The first kappa shape index (κ1) is 17.5. The summed E-state index contributed by atoms with van der Waals surface area (Å²) < 4.78 is 0. The topological polar surface area (TPSA) is 52.7 Å². The molecule has 5 heteroatoms. The maximum Gasteiger partial charge on any atom is 0.316 e. The molecule has 0 fully saturated rings. The number of rotatable bonds is 4. The van der Waals surface area contributed by atoms with E-state index in [1.165, 1.54) is 4.90 Å². The Labute approximate surface area is 142 Å². The lowest BCUT2D eigenvalue weighted by atomic mass is 10.2. The average molecular weight is 325 g/mol. The monoisotopic (exact) mass is 325 g/mol. The predicted octanol–water partition coefficient (Wildman–Crippen LogP) is 3.05. The minimum absolute atomic E-state index is 0.424. The average Bonchev–Trinajstić information content (AvgIpc) is 2.55. The number of carbonyl (C=O) groups excluding carboxylic acids is 2. The summed E-state index contributed by atoms with van der Waals surface area (Å²) in [4.78, 5) is 28.3. The van der Waals surface area contributed by atoms with Crippen LogP contribution in [0.2, 0.25) is 0 Å². The van der Waals surface area contributed by atoms with Crippen LogP contribution < -0.4 is 15.1 Å². The third-order valence-electron chi connectivity index (χ3n) is 3.69. The zero-order valence-corrected chi connectivity index (χ0v) is 14.5. The highest BCUT2D eigenvalue weighted by molar-refractivity contribution is 6.44. The zero-order chi connectivity index (χ0) is 17.7. The van der Waals surface area contributed by atoms with Crippen LogP contribution in [0.5, 0.6) is 0 Å². The van der Waals surface area contributed by atoms with Crippen LogP contribution in [0.3, 0.4) is 0 Å². The SMILES string of the molecule is CCN(C(=O)C(=O)Nc1cccc(N(C)C)c1)c1cccc(C)c1. The van der Waals surface area contributed by atoms with Gasteiger partial charge in [-0.05, 0) is 49.7 Å². The minimum atomic E-state index is -0.644. The van der Waals surface area contributed by atoms with E-state index in [1.807, 2.05) is 75.3 Å². The Morgan fingerprint density at radius 2 is 1.67 bits per heavy atom. The second-order valence-corrected chi connectivity index (χ2v) is 5.79. The van der Waals surface area contributed by atoms with Gasteiger partial charge in [0.25, 0.3) is 0 Å². The molecule has 0 spiro atoms. The highest BCUT2D eigenvalue weighted by Crippen LogP contribution is 2.19. The van der Waals surface area contributed by atoms with Gasteiger partial charge in [0.2, 0.25) is 0 Å². The number of hydrogen-bond acceptors (Lipinski definition) is 3. The van der Waals surface area contributed by atoms with Gasteiger partial charge in [0.05, 0.1) is 0 Å². The van der Waals surface area contributed by atoms with Crippen LogP contribution >= 0.6 is 0 Å². The number of benzene rings is 2. The molecule has 2 amide bonds. The van der Waals surface area contributed by atoms with Gasteiger partial charge in [0.1, 0.15) is 0 Å². The quantitative estimate of drug-likeness (QED) is 0.879. The molecule has 1 N–H and O–H groups in total. The molecule has 0 radical (unpaired) electrons. The Morgan fingerprint density at radius 1 is 1.00 bits per heavy atom. The van der Waals surface area contributed by atoms with Crippen LogP contribution in [0.1, 0.15) is 12.5 Å². The molecule has 0 saturated carbocycles. The Bertz CT molecular complexity index is 741. The molecule has 2 rings (SSSR count). The number of likely N-dealkylation sites (N-methyl/N-ethyl adjacent to an activating group) is 1. The van der Waals surface area contributed by atoms with Crippen LogP contribution in [0.4, 0.5) is 17.1 Å². The highest BCUT2D eigenvalue weighted by Gasteiger charge is 2.22. The first-order valence-electron chi connectivity index (χ1n) is 7.89. The molecule has 0 aliphatic carbocycles. The van der Waals surface area contributed by atoms with Crippen LogP contribution in [0.25, 0.3) is 0 Å². The van der Waals surface area contributed by atoms with E-state index in [0.717, 1.165) is 16.9 Å². The van der Waals surface area contributed by atoms with Crippen LogP contribution in [-0.2, 0) is 9.59 Å². The van der Waals surface area contributed by atoms with Gasteiger partial charge >= 0.3 is 11.8 Å². The van der Waals surface area contributed by atoms with Crippen LogP contribution in [0.15, 0.2) is 48.5 Å². The third-order valence-corrected chi connectivity index (χ3v) is 3.69. The predicted molar refractivity (Wildman–Crippen MR) is 98.6 cm³/mol. The Morgan fingerprint density at radius 3 is 2.29 bits per heavy atom. The summed E-state index contributed by atoms with van der Waals surface area (Å²) in [6, 6.07) is 14.9. The molecule has 2 aromatic carbocycles. The number of aryl methyl sites for hydroxylation is 1. The summed E-state index contributed by atoms with van der Waals surface area (Å²) >= 11 is 0. The van der Waals surface area contributed by atoms with E-state index in [4.69, 9.17) is 0 Å². The summed E-state index contributed by atoms with van der Waals surface area (Å²) in [5.74, 6) is -1.22. The lowest BCUT2D eigenvalue weighted by molar-refractivity contribution is -0.134. The Hall–Kier alpha value is -2.82. The fourth-order valence-corrected chi connectivity index (χ4v) is 2.41. The molecule has 126 valence electrons. The second kappa shape index (κ2) is 7.64. The summed E-state index contributed by atoms with van der Waals surface area (Å²) in [5.41, 5.74) is 3.31. The van der Waals surface area contributed by atoms with E-state index in [-0.39, 0.29) is 0 Å². The van der Waals surface area contributed by atoms with Gasteiger partial charge in [-0.15, -0.1) is 0 Å². The number of hydrogen-bond donors (Lipinski definition) is 1. The minimum Gasteiger partial charge on any atom is -0.378 e. The molecular formula is C19H23N3O2. The Balaban J connectivity index is 2.16. The van der Waals surface area contributed by atoms with Gasteiger partial charge in [-0.2, -0.15) is 0 Å². The van der Waals surface area contributed by atoms with Gasteiger partial charge in [0, 0.05) is 37.7 Å². The summed E-state index contributed by atoms with van der Waals surface area (Å²) in [7, 11) is 3.84. The third kappa shape index (κ3) is 4.13. The van der Waals surface area contributed by atoms with Gasteiger partial charge in [0.15, 0.2) is 0 Å². The van der Waals surface area contributed by atoms with E-state index < -0.39 is 11.8 Å². The van der Waals surface area contributed by atoms with E-state index >= 15 is 0 Å². The number of amides is 2. The fourth-order valence-electron chi connectivity index (χ4n) is 2.41. The van der Waals surface area contributed by atoms with E-state index in [2.05, 4.69) is 5.32 Å². The van der Waals surface area contributed by atoms with Crippen molar-refractivity contribution in [3.8, 4) is 0 Å². The van der Waals surface area contributed by atoms with E-state index in [1.54, 1.807) is 6.07 Å². The van der Waals surface area contributed by atoms with Gasteiger partial charge in [-0.25, -0.2) is 0 Å². The molecule has 0 saturated heterocycles. The molecule has 24 heavy (non-hydrogen) atoms. The van der Waals surface area contributed by atoms with Crippen molar-refractivity contribution in [3.05, 3.63) is 54.1 Å². The first-order chi connectivity index (χ1) is 11.4. The molecule has 5 nitrogen and oxygen atoms in total. The van der Waals surface area contributed by atoms with E-state index in [9.17, 15) is 9.59 Å². The normalized spacial score (nSPS) is 10.2. The van der Waals surface area contributed by atoms with Crippen molar-refractivity contribution in [1.29, 1.82) is 0 Å². The van der Waals surface area contributed by atoms with Crippen molar-refractivity contribution < 1.29 is 9.59 Å². The van der Waals surface area contributed by atoms with Crippen LogP contribution in [-0.4, -0.2) is 32.5 Å². The van der Waals surface area contributed by atoms with Gasteiger partial charge in [-0.3, -0.25) is 9.59 Å². The maximum absolute atomic E-state index is 12.5. The Kier molecular flexibility index (Phi) is 5.58. The molecular weight excluding hydrogens is 302 g/mol. The standard InChI is InChI=1S/C19H23N3O2/c1-5-22(17-11-6-8-14(2)12-17)19(24)18(23)20-15-9-7-10-16(13-15)21(3)4/h6-13H,5H2,1-4H3,(H,20,23). The van der Waals surface area contributed by atoms with Crippen molar-refractivity contribution in [2.75, 3.05) is 35.8 Å². The van der Waals surface area contributed by atoms with Crippen molar-refractivity contribution in [2.45, 2.75) is 13.8 Å². The van der Waals surface area contributed by atoms with Crippen molar-refractivity contribution >= 4 is 28.9 Å². The maximum atomic E-state index is 12.5. The summed E-state index contributed by atoms with van der Waals surface area (Å²) in [6.07, 6.45) is 0. The molecule has 0 aliphatic heterocycles. The molecule has 0 aromatic heterocycles. The molecule has 2 aromatic rings. The number of nitrogens with one attached hydrogen (secondary N) is 1. The zero-order valence-electron chi connectivity index (χ0n) is 14.5. The lowest BCUT2D eigenvalue weighted by Crippen LogP contribution is -2.39. The summed E-state index contributed by atoms with van der Waals surface area (Å²) in [6.45, 7) is 4.22. The molecule has 0 atom stereocenters. The van der Waals surface area contributed by atoms with Gasteiger partial charge in [-0.1, -0.05) is 18.2 Å². The fraction of sp³-hybridized carbons (Fsp3) is 0.263. The lowest BCUT2D eigenvalue weighted by Gasteiger charge is -2.21.